The zero-order valence-corrected chi connectivity index (χ0v) is 12.0. The summed E-state index contributed by atoms with van der Waals surface area (Å²) in [5.41, 5.74) is 0.982. The molecule has 0 atom stereocenters. The minimum atomic E-state index is 0.140. The number of nitrogens with zero attached hydrogens (tertiary/aromatic N) is 4. The van der Waals surface area contributed by atoms with Crippen LogP contribution in [-0.4, -0.2) is 59.9 Å². The Hall–Kier alpha value is -2.11. The van der Waals surface area contributed by atoms with Crippen LogP contribution in [0.2, 0.25) is 0 Å². The fourth-order valence-electron chi connectivity index (χ4n) is 2.24. The number of aromatic nitrogens is 1. The highest BCUT2D eigenvalue weighted by atomic mass is 16.2. The molecule has 0 radical (unpaired) electrons. The normalized spacial score (nSPS) is 16.2. The van der Waals surface area contributed by atoms with Gasteiger partial charge in [-0.1, -0.05) is 6.07 Å². The Morgan fingerprint density at radius 3 is 2.55 bits per heavy atom. The number of carbonyl (C=O) groups excluding carboxylic acids is 1. The highest BCUT2D eigenvalue weighted by Crippen LogP contribution is 2.03. The molecule has 1 aliphatic rings. The summed E-state index contributed by atoms with van der Waals surface area (Å²) in [6.07, 6.45) is 1.78. The molecule has 20 heavy (non-hydrogen) atoms. The number of rotatable bonds is 2. The van der Waals surface area contributed by atoms with Gasteiger partial charge in [0.15, 0.2) is 5.96 Å². The average molecular weight is 275 g/mol. The van der Waals surface area contributed by atoms with Crippen molar-refractivity contribution in [3.63, 3.8) is 0 Å². The van der Waals surface area contributed by atoms with Crippen LogP contribution in [0.25, 0.3) is 0 Å². The third-order valence-corrected chi connectivity index (χ3v) is 3.39. The number of carbonyl (C=O) groups is 1. The van der Waals surface area contributed by atoms with Crippen molar-refractivity contribution in [1.82, 2.24) is 20.1 Å². The van der Waals surface area contributed by atoms with E-state index < -0.39 is 0 Å². The van der Waals surface area contributed by atoms with E-state index in [2.05, 4.69) is 20.2 Å². The lowest BCUT2D eigenvalue weighted by atomic mass is 10.3. The van der Waals surface area contributed by atoms with Crippen molar-refractivity contribution in [2.24, 2.45) is 4.99 Å². The second-order valence-corrected chi connectivity index (χ2v) is 4.71. The van der Waals surface area contributed by atoms with Crippen LogP contribution in [0, 0.1) is 0 Å². The monoisotopic (exact) mass is 275 g/mol. The summed E-state index contributed by atoms with van der Waals surface area (Å²) in [4.78, 5) is 23.9. The Bertz CT molecular complexity index is 466. The van der Waals surface area contributed by atoms with Crippen LogP contribution in [0.4, 0.5) is 0 Å². The fraction of sp³-hybridized carbons (Fsp3) is 0.500. The molecule has 1 fully saturated rings. The van der Waals surface area contributed by atoms with Crippen molar-refractivity contribution < 1.29 is 4.79 Å². The molecular formula is C14H21N5O. The molecular weight excluding hydrogens is 254 g/mol. The summed E-state index contributed by atoms with van der Waals surface area (Å²) in [5.74, 6) is 1.000. The Labute approximate surface area is 119 Å². The number of nitrogens with one attached hydrogen (secondary N) is 1. The minimum absolute atomic E-state index is 0.140. The van der Waals surface area contributed by atoms with Crippen LogP contribution in [-0.2, 0) is 11.3 Å². The van der Waals surface area contributed by atoms with E-state index in [1.807, 2.05) is 23.1 Å². The molecule has 6 heteroatoms. The lowest BCUT2D eigenvalue weighted by molar-refractivity contribution is -0.130. The maximum atomic E-state index is 11.3. The molecule has 0 aromatic carbocycles. The predicted octanol–water partition coefficient (Wildman–Crippen LogP) is 0.321. The first-order valence-electron chi connectivity index (χ1n) is 6.81. The minimum Gasteiger partial charge on any atom is -0.351 e. The van der Waals surface area contributed by atoms with Crippen LogP contribution in [0.15, 0.2) is 29.4 Å². The smallest absolute Gasteiger partial charge is 0.219 e. The second kappa shape index (κ2) is 6.88. The summed E-state index contributed by atoms with van der Waals surface area (Å²) in [6, 6.07) is 5.85. The third-order valence-electron chi connectivity index (χ3n) is 3.39. The molecule has 1 amide bonds. The SMILES string of the molecule is CN=C(NCc1ccccn1)N1CCN(C(C)=O)CC1. The molecule has 0 spiro atoms. The molecule has 1 aliphatic heterocycles. The topological polar surface area (TPSA) is 60.8 Å². The van der Waals surface area contributed by atoms with Gasteiger partial charge >= 0.3 is 0 Å². The van der Waals surface area contributed by atoms with Crippen LogP contribution >= 0.6 is 0 Å². The molecule has 0 aliphatic carbocycles. The molecule has 1 aromatic heterocycles. The van der Waals surface area contributed by atoms with E-state index in [1.54, 1.807) is 20.2 Å². The van der Waals surface area contributed by atoms with E-state index in [0.29, 0.717) is 6.54 Å². The molecule has 0 saturated carbocycles. The quantitative estimate of drug-likeness (QED) is 0.624. The molecule has 6 nitrogen and oxygen atoms in total. The van der Waals surface area contributed by atoms with Crippen molar-refractivity contribution >= 4 is 11.9 Å². The van der Waals surface area contributed by atoms with Gasteiger partial charge in [0.25, 0.3) is 0 Å². The van der Waals surface area contributed by atoms with Crippen LogP contribution in [0.3, 0.4) is 0 Å². The van der Waals surface area contributed by atoms with Gasteiger partial charge in [-0.2, -0.15) is 0 Å². The Morgan fingerprint density at radius 2 is 2.00 bits per heavy atom. The predicted molar refractivity (Wildman–Crippen MR) is 78.3 cm³/mol. The molecule has 1 saturated heterocycles. The van der Waals surface area contributed by atoms with Gasteiger partial charge in [0, 0.05) is 46.3 Å². The van der Waals surface area contributed by atoms with Gasteiger partial charge in [-0.25, -0.2) is 0 Å². The fourth-order valence-corrected chi connectivity index (χ4v) is 2.24. The number of piperazine rings is 1. The first-order valence-corrected chi connectivity index (χ1v) is 6.81. The lowest BCUT2D eigenvalue weighted by Crippen LogP contribution is -2.53. The number of amides is 1. The Balaban J connectivity index is 1.86. The van der Waals surface area contributed by atoms with Crippen LogP contribution in [0.5, 0.6) is 0 Å². The molecule has 108 valence electrons. The molecule has 0 unspecified atom stereocenters. The average Bonchev–Trinajstić information content (AvgIpc) is 2.49. The summed E-state index contributed by atoms with van der Waals surface area (Å²) in [5, 5.41) is 3.31. The van der Waals surface area contributed by atoms with Gasteiger partial charge in [-0.3, -0.25) is 14.8 Å². The van der Waals surface area contributed by atoms with Gasteiger partial charge < -0.3 is 15.1 Å². The summed E-state index contributed by atoms with van der Waals surface area (Å²) in [6.45, 7) is 5.38. The summed E-state index contributed by atoms with van der Waals surface area (Å²) in [7, 11) is 1.78. The molecule has 1 N–H and O–H groups in total. The molecule has 2 rings (SSSR count). The maximum Gasteiger partial charge on any atom is 0.219 e. The van der Waals surface area contributed by atoms with Crippen molar-refractivity contribution in [1.29, 1.82) is 0 Å². The number of hydrogen-bond acceptors (Lipinski definition) is 3. The van der Waals surface area contributed by atoms with E-state index in [0.717, 1.165) is 37.8 Å². The number of aliphatic imine (C=N–C) groups is 1. The zero-order valence-electron chi connectivity index (χ0n) is 12.0. The van der Waals surface area contributed by atoms with E-state index in [-0.39, 0.29) is 5.91 Å². The Morgan fingerprint density at radius 1 is 1.30 bits per heavy atom. The largest absolute Gasteiger partial charge is 0.351 e. The van der Waals surface area contributed by atoms with Gasteiger partial charge in [0.1, 0.15) is 0 Å². The number of guanidine groups is 1. The van der Waals surface area contributed by atoms with E-state index in [1.165, 1.54) is 0 Å². The molecule has 0 bridgehead atoms. The van der Waals surface area contributed by atoms with Crippen molar-refractivity contribution in [3.05, 3.63) is 30.1 Å². The van der Waals surface area contributed by atoms with Crippen molar-refractivity contribution in [3.8, 4) is 0 Å². The van der Waals surface area contributed by atoms with Crippen LogP contribution in [0.1, 0.15) is 12.6 Å². The van der Waals surface area contributed by atoms with E-state index in [4.69, 9.17) is 0 Å². The summed E-state index contributed by atoms with van der Waals surface area (Å²) >= 11 is 0. The second-order valence-electron chi connectivity index (χ2n) is 4.71. The number of hydrogen-bond donors (Lipinski definition) is 1. The van der Waals surface area contributed by atoms with Crippen LogP contribution < -0.4 is 5.32 Å². The highest BCUT2D eigenvalue weighted by Gasteiger charge is 2.20. The third kappa shape index (κ3) is 3.69. The van der Waals surface area contributed by atoms with Gasteiger partial charge in [0.05, 0.1) is 12.2 Å². The van der Waals surface area contributed by atoms with Gasteiger partial charge in [-0.15, -0.1) is 0 Å². The highest BCUT2D eigenvalue weighted by molar-refractivity contribution is 5.80. The Kier molecular flexibility index (Phi) is 4.92. The first-order chi connectivity index (χ1) is 9.70. The molecule has 2 heterocycles. The van der Waals surface area contributed by atoms with Crippen molar-refractivity contribution in [2.75, 3.05) is 33.2 Å². The van der Waals surface area contributed by atoms with E-state index >= 15 is 0 Å². The lowest BCUT2D eigenvalue weighted by Gasteiger charge is -2.36. The standard InChI is InChI=1S/C14H21N5O/c1-12(20)18-7-9-19(10-8-18)14(15-2)17-11-13-5-3-4-6-16-13/h3-6H,7-11H2,1-2H3,(H,15,17). The molecule has 1 aromatic rings. The van der Waals surface area contributed by atoms with Gasteiger partial charge in [-0.05, 0) is 12.1 Å². The summed E-state index contributed by atoms with van der Waals surface area (Å²) < 4.78 is 0. The number of pyridine rings is 1. The zero-order chi connectivity index (χ0) is 14.4. The van der Waals surface area contributed by atoms with Gasteiger partial charge in [0.2, 0.25) is 5.91 Å². The van der Waals surface area contributed by atoms with E-state index in [9.17, 15) is 4.79 Å². The van der Waals surface area contributed by atoms with Crippen molar-refractivity contribution in [2.45, 2.75) is 13.5 Å². The maximum absolute atomic E-state index is 11.3. The first kappa shape index (κ1) is 14.3.